The lowest BCUT2D eigenvalue weighted by Crippen LogP contribution is -2.35. The third-order valence-corrected chi connectivity index (χ3v) is 18.2. The highest BCUT2D eigenvalue weighted by atomic mass is 15.8. The van der Waals surface area contributed by atoms with E-state index in [1.54, 1.807) is 0 Å². The van der Waals surface area contributed by atoms with E-state index in [4.69, 9.17) is 15.0 Å². The van der Waals surface area contributed by atoms with Crippen LogP contribution in [0, 0.1) is 6.92 Å². The highest BCUT2D eigenvalue weighted by Gasteiger charge is 2.27. The van der Waals surface area contributed by atoms with Gasteiger partial charge in [-0.05, 0) is 164 Å². The van der Waals surface area contributed by atoms with Crippen LogP contribution >= 0.6 is 0 Å². The van der Waals surface area contributed by atoms with Gasteiger partial charge in [0.15, 0.2) is 17.5 Å². The second kappa shape index (κ2) is 23.7. The van der Waals surface area contributed by atoms with Gasteiger partial charge in [-0.2, -0.15) is 5.12 Å². The van der Waals surface area contributed by atoms with E-state index in [0.29, 0.717) is 17.5 Å². The van der Waals surface area contributed by atoms with E-state index in [9.17, 15) is 0 Å². The normalized spacial score (nSPS) is 11.5. The van der Waals surface area contributed by atoms with Crippen molar-refractivity contribution in [1.29, 1.82) is 0 Å². The molecule has 0 saturated carbocycles. The number of benzene rings is 14. The lowest BCUT2D eigenvalue weighted by molar-refractivity contribution is 0.676. The van der Waals surface area contributed by atoms with Crippen molar-refractivity contribution in [2.75, 3.05) is 5.12 Å². The maximum atomic E-state index is 5.63. The van der Waals surface area contributed by atoms with E-state index < -0.39 is 0 Å². The average Bonchev–Trinajstić information content (AvgIpc) is 1.53. The van der Waals surface area contributed by atoms with Crippen molar-refractivity contribution < 1.29 is 0 Å². The minimum absolute atomic E-state index is 0.535. The molecule has 3 heterocycles. The SMILES string of the molecule is Cc1ccccc1-c1ccc(-c2nc(-c3cccc(-c4cc(-c5ccccc5)cc(-c5ccccc5)c4)c3)nc(-c3cccc(-c4cc(-c5ccccc5)cc(-c5ccccc5)c4)c3)n2)cc1N(n1c2ccccc2c2ccccc21)n1c2ccccc2c2ccccc21. The molecule has 0 N–H and O–H groups in total. The summed E-state index contributed by atoms with van der Waals surface area (Å²) >= 11 is 0. The van der Waals surface area contributed by atoms with Gasteiger partial charge in [0, 0.05) is 43.8 Å². The topological polar surface area (TPSA) is 51.8 Å². The van der Waals surface area contributed by atoms with Gasteiger partial charge in [-0.1, -0.05) is 267 Å². The number of hydrogen-bond acceptors (Lipinski definition) is 4. The van der Waals surface area contributed by atoms with Crippen molar-refractivity contribution in [2.24, 2.45) is 0 Å². The summed E-state index contributed by atoms with van der Waals surface area (Å²) in [6, 6.07) is 124. The Morgan fingerprint density at radius 2 is 0.489 bits per heavy atom. The molecule has 6 nitrogen and oxygen atoms in total. The van der Waals surface area contributed by atoms with Gasteiger partial charge < -0.3 is 0 Å². The number of rotatable bonds is 13. The summed E-state index contributed by atoms with van der Waals surface area (Å²) in [6.07, 6.45) is 0. The molecule has 0 amide bonds. The third kappa shape index (κ3) is 10.2. The molecule has 0 aliphatic carbocycles. The van der Waals surface area contributed by atoms with E-state index in [-0.39, 0.29) is 0 Å². The van der Waals surface area contributed by atoms with Crippen LogP contribution in [0.1, 0.15) is 5.56 Å². The summed E-state index contributed by atoms with van der Waals surface area (Å²) in [5.74, 6) is 1.64. The number of hydrogen-bond donors (Lipinski definition) is 0. The summed E-state index contributed by atoms with van der Waals surface area (Å²) < 4.78 is 4.80. The summed E-state index contributed by atoms with van der Waals surface area (Å²) in [4.78, 5) is 16.8. The average molecular weight is 1200 g/mol. The Morgan fingerprint density at radius 1 is 0.213 bits per heavy atom. The Labute approximate surface area is 545 Å². The lowest BCUT2D eigenvalue weighted by atomic mass is 9.92. The van der Waals surface area contributed by atoms with E-state index in [0.717, 1.165) is 149 Å². The molecular formula is C88H60N6. The molecule has 442 valence electrons. The molecule has 0 spiro atoms. The zero-order valence-corrected chi connectivity index (χ0v) is 51.6. The minimum atomic E-state index is 0.535. The molecule has 0 saturated heterocycles. The van der Waals surface area contributed by atoms with Crippen molar-refractivity contribution >= 4 is 49.3 Å². The second-order valence-corrected chi connectivity index (χ2v) is 24.1. The molecule has 3 aromatic heterocycles. The quantitative estimate of drug-likeness (QED) is 0.115. The largest absolute Gasteiger partial charge is 0.233 e. The monoisotopic (exact) mass is 1200 g/mol. The van der Waals surface area contributed by atoms with E-state index in [2.05, 4.69) is 367 Å². The Morgan fingerprint density at radius 3 is 0.851 bits per heavy atom. The minimum Gasteiger partial charge on any atom is -0.233 e. The molecule has 17 aromatic rings. The molecule has 6 heteroatoms. The van der Waals surface area contributed by atoms with Crippen molar-refractivity contribution in [3.05, 3.63) is 351 Å². The number of aryl methyl sites for hydroxylation is 1. The molecule has 0 atom stereocenters. The molecule has 0 unspecified atom stereocenters. The summed E-state index contributed by atoms with van der Waals surface area (Å²) in [6.45, 7) is 2.20. The fourth-order valence-electron chi connectivity index (χ4n) is 13.7. The van der Waals surface area contributed by atoms with Crippen LogP contribution in [0.15, 0.2) is 346 Å². The van der Waals surface area contributed by atoms with Crippen LogP contribution in [0.2, 0.25) is 0 Å². The van der Waals surface area contributed by atoms with Gasteiger partial charge in [0.05, 0.1) is 27.8 Å². The predicted molar refractivity (Wildman–Crippen MR) is 391 cm³/mol. The molecule has 14 aromatic carbocycles. The molecule has 17 rings (SSSR count). The first kappa shape index (κ1) is 55.5. The highest BCUT2D eigenvalue weighted by Crippen LogP contribution is 2.44. The van der Waals surface area contributed by atoms with Crippen molar-refractivity contribution in [1.82, 2.24) is 24.3 Å². The van der Waals surface area contributed by atoms with Crippen LogP contribution < -0.4 is 5.12 Å². The summed E-state index contributed by atoms with van der Waals surface area (Å²) in [5, 5.41) is 7.01. The Kier molecular flexibility index (Phi) is 14.0. The van der Waals surface area contributed by atoms with Crippen LogP contribution in [-0.2, 0) is 0 Å². The molecular weight excluding hydrogens is 1140 g/mol. The first-order valence-electron chi connectivity index (χ1n) is 32.0. The molecule has 0 radical (unpaired) electrons. The van der Waals surface area contributed by atoms with Crippen LogP contribution in [0.4, 0.5) is 5.69 Å². The van der Waals surface area contributed by atoms with Crippen LogP contribution in [0.25, 0.3) is 156 Å². The van der Waals surface area contributed by atoms with Crippen molar-refractivity contribution in [3.63, 3.8) is 0 Å². The van der Waals surface area contributed by atoms with E-state index in [1.807, 2.05) is 0 Å². The fraction of sp³-hybridized carbons (Fsp3) is 0.0114. The Bertz CT molecular complexity index is 5170. The Balaban J connectivity index is 0.909. The van der Waals surface area contributed by atoms with E-state index >= 15 is 0 Å². The van der Waals surface area contributed by atoms with Gasteiger partial charge in [0.2, 0.25) is 0 Å². The first-order valence-corrected chi connectivity index (χ1v) is 32.0. The maximum Gasteiger partial charge on any atom is 0.164 e. The third-order valence-electron chi connectivity index (χ3n) is 18.2. The fourth-order valence-corrected chi connectivity index (χ4v) is 13.7. The van der Waals surface area contributed by atoms with Gasteiger partial charge in [0.25, 0.3) is 0 Å². The van der Waals surface area contributed by atoms with Gasteiger partial charge in [-0.3, -0.25) is 0 Å². The zero-order valence-electron chi connectivity index (χ0n) is 51.6. The van der Waals surface area contributed by atoms with Gasteiger partial charge in [0.1, 0.15) is 0 Å². The summed E-state index contributed by atoms with van der Waals surface area (Å²) in [7, 11) is 0. The zero-order chi connectivity index (χ0) is 62.5. The van der Waals surface area contributed by atoms with Crippen LogP contribution in [0.3, 0.4) is 0 Å². The number of aromatic nitrogens is 5. The number of para-hydroxylation sites is 4. The second-order valence-electron chi connectivity index (χ2n) is 24.1. The summed E-state index contributed by atoms with van der Waals surface area (Å²) in [5.41, 5.74) is 24.4. The molecule has 0 aliphatic rings. The van der Waals surface area contributed by atoms with Gasteiger partial charge >= 0.3 is 0 Å². The van der Waals surface area contributed by atoms with Crippen molar-refractivity contribution in [2.45, 2.75) is 6.92 Å². The molecule has 0 bridgehead atoms. The Hall–Kier alpha value is -12.5. The van der Waals surface area contributed by atoms with Crippen LogP contribution in [0.5, 0.6) is 0 Å². The number of nitrogens with zero attached hydrogens (tertiary/aromatic N) is 6. The molecule has 94 heavy (non-hydrogen) atoms. The van der Waals surface area contributed by atoms with Gasteiger partial charge in [-0.25, -0.2) is 24.3 Å². The standard InChI is InChI=1S/C88H60N6/c1-59-26-14-15-39-75(59)80-49-48-68(58-85(80)94(92-81-44-20-16-40-76(81)77-41-17-21-45-82(77)92)93-83-46-22-18-42-78(83)79-43-19-23-47-84(79)93)88-90-86(66-37-24-35-64(50-66)73-54-69(60-27-6-2-7-28-60)52-70(55-73)61-29-8-3-9-30-61)89-87(91-88)67-38-25-36-65(51-67)74-56-71(62-31-10-4-11-32-62)53-72(57-74)63-33-12-5-13-34-63/h2-58H,1H3. The van der Waals surface area contributed by atoms with Crippen molar-refractivity contribution in [3.8, 4) is 112 Å². The predicted octanol–water partition coefficient (Wildman–Crippen LogP) is 22.8. The highest BCUT2D eigenvalue weighted by molar-refractivity contribution is 6.11. The smallest absolute Gasteiger partial charge is 0.164 e. The van der Waals surface area contributed by atoms with Crippen LogP contribution in [-0.4, -0.2) is 24.3 Å². The maximum absolute atomic E-state index is 5.63. The first-order chi connectivity index (χ1) is 46.5. The van der Waals surface area contributed by atoms with Gasteiger partial charge in [-0.15, -0.1) is 0 Å². The molecule has 0 fully saturated rings. The van der Waals surface area contributed by atoms with E-state index in [1.165, 1.54) is 0 Å². The number of fused-ring (bicyclic) bond motifs is 6. The lowest BCUT2D eigenvalue weighted by Gasteiger charge is -2.32. The molecule has 0 aliphatic heterocycles. The number of anilines is 1.